The second-order valence-electron chi connectivity index (χ2n) is 7.00. The molecule has 0 aromatic rings. The molecular formula is C16H25N. The van der Waals surface area contributed by atoms with Crippen molar-refractivity contribution in [3.8, 4) is 0 Å². The van der Waals surface area contributed by atoms with E-state index in [1.54, 1.807) is 0 Å². The van der Waals surface area contributed by atoms with Crippen LogP contribution in [0.5, 0.6) is 0 Å². The van der Waals surface area contributed by atoms with Gasteiger partial charge in [0.05, 0.1) is 0 Å². The van der Waals surface area contributed by atoms with Crippen LogP contribution in [0.2, 0.25) is 0 Å². The van der Waals surface area contributed by atoms with Crippen LogP contribution in [0.3, 0.4) is 0 Å². The molecule has 1 saturated carbocycles. The first-order chi connectivity index (χ1) is 8.29. The minimum absolute atomic E-state index is 0.407. The first-order valence-corrected chi connectivity index (χ1v) is 7.78. The maximum atomic E-state index is 4.05. The quantitative estimate of drug-likeness (QED) is 0.625. The lowest BCUT2D eigenvalue weighted by Crippen LogP contribution is -2.49. The molecule has 2 bridgehead atoms. The third kappa shape index (κ3) is 1.35. The van der Waals surface area contributed by atoms with Crippen molar-refractivity contribution < 1.29 is 0 Å². The Hall–Kier alpha value is -0.300. The van der Waals surface area contributed by atoms with E-state index in [1.807, 2.05) is 11.1 Å². The maximum absolute atomic E-state index is 4.05. The molecule has 1 nitrogen and oxygen atoms in total. The molecule has 1 N–H and O–H groups in total. The summed E-state index contributed by atoms with van der Waals surface area (Å²) in [6, 6.07) is 0.835. The molecule has 1 saturated heterocycles. The van der Waals surface area contributed by atoms with E-state index in [0.717, 1.165) is 17.9 Å². The molecule has 0 aromatic heterocycles. The van der Waals surface area contributed by atoms with Crippen LogP contribution in [0.1, 0.15) is 64.7 Å². The molecule has 2 fully saturated rings. The van der Waals surface area contributed by atoms with Gasteiger partial charge in [0.25, 0.3) is 0 Å². The fourth-order valence-corrected chi connectivity index (χ4v) is 5.56. The van der Waals surface area contributed by atoms with Crippen molar-refractivity contribution in [2.24, 2.45) is 11.8 Å². The van der Waals surface area contributed by atoms with Gasteiger partial charge in [-0.2, -0.15) is 0 Å². The average Bonchev–Trinajstić information content (AvgIpc) is 2.61. The topological polar surface area (TPSA) is 12.0 Å². The van der Waals surface area contributed by atoms with Crippen LogP contribution in [0.25, 0.3) is 0 Å². The Morgan fingerprint density at radius 1 is 1.06 bits per heavy atom. The Morgan fingerprint density at radius 3 is 2.82 bits per heavy atom. The largest absolute Gasteiger partial charge is 0.304 e. The summed E-state index contributed by atoms with van der Waals surface area (Å²) in [6.07, 6.45) is 13.1. The molecule has 0 radical (unpaired) electrons. The number of hydrogen-bond donors (Lipinski definition) is 1. The van der Waals surface area contributed by atoms with E-state index in [2.05, 4.69) is 12.2 Å². The van der Waals surface area contributed by atoms with Crippen molar-refractivity contribution in [2.75, 3.05) is 0 Å². The molecule has 3 unspecified atom stereocenters. The fraction of sp³-hybridized carbons (Fsp3) is 0.875. The summed E-state index contributed by atoms with van der Waals surface area (Å²) < 4.78 is 0. The third-order valence-corrected chi connectivity index (χ3v) is 6.24. The summed E-state index contributed by atoms with van der Waals surface area (Å²) in [5.41, 5.74) is 4.13. The van der Waals surface area contributed by atoms with Gasteiger partial charge in [-0.15, -0.1) is 0 Å². The van der Waals surface area contributed by atoms with Gasteiger partial charge in [-0.25, -0.2) is 0 Å². The third-order valence-electron chi connectivity index (χ3n) is 6.24. The molecular weight excluding hydrogens is 206 g/mol. The highest BCUT2D eigenvalue weighted by molar-refractivity contribution is 5.37. The van der Waals surface area contributed by atoms with Gasteiger partial charge in [-0.1, -0.05) is 24.0 Å². The average molecular weight is 231 g/mol. The highest BCUT2D eigenvalue weighted by Gasteiger charge is 2.55. The van der Waals surface area contributed by atoms with Gasteiger partial charge in [-0.05, 0) is 63.7 Å². The smallest absolute Gasteiger partial charge is 0.0402 e. The summed E-state index contributed by atoms with van der Waals surface area (Å²) in [6.45, 7) is 2.54. The number of fused-ring (bicyclic) bond motifs is 6. The minimum atomic E-state index is 0.407. The second kappa shape index (κ2) is 3.60. The van der Waals surface area contributed by atoms with Gasteiger partial charge in [-0.3, -0.25) is 0 Å². The van der Waals surface area contributed by atoms with E-state index in [-0.39, 0.29) is 0 Å². The lowest BCUT2D eigenvalue weighted by molar-refractivity contribution is 0.220. The van der Waals surface area contributed by atoms with Crippen LogP contribution in [0, 0.1) is 11.8 Å². The van der Waals surface area contributed by atoms with Gasteiger partial charge in [0, 0.05) is 11.6 Å². The molecule has 2 aliphatic heterocycles. The summed E-state index contributed by atoms with van der Waals surface area (Å²) in [4.78, 5) is 0. The van der Waals surface area contributed by atoms with E-state index in [4.69, 9.17) is 0 Å². The van der Waals surface area contributed by atoms with Crippen molar-refractivity contribution in [1.29, 1.82) is 0 Å². The normalized spacial score (nSPS) is 48.9. The van der Waals surface area contributed by atoms with Gasteiger partial charge in [0.1, 0.15) is 0 Å². The Bertz CT molecular complexity index is 370. The minimum Gasteiger partial charge on any atom is -0.304 e. The summed E-state index contributed by atoms with van der Waals surface area (Å²) in [5, 5.41) is 4.05. The molecule has 0 aromatic carbocycles. The SMILES string of the molecule is CC12N[C@H](CC3=C1CCCC3)C1CCCCC12. The summed E-state index contributed by atoms with van der Waals surface area (Å²) in [5.74, 6) is 1.96. The van der Waals surface area contributed by atoms with Crippen LogP contribution in [0.15, 0.2) is 11.1 Å². The van der Waals surface area contributed by atoms with Gasteiger partial charge >= 0.3 is 0 Å². The molecule has 17 heavy (non-hydrogen) atoms. The first kappa shape index (κ1) is 10.6. The molecule has 0 spiro atoms. The zero-order valence-corrected chi connectivity index (χ0v) is 11.1. The molecule has 0 amide bonds. The summed E-state index contributed by atoms with van der Waals surface area (Å²) in [7, 11) is 0. The maximum Gasteiger partial charge on any atom is 0.0402 e. The second-order valence-corrected chi connectivity index (χ2v) is 7.00. The van der Waals surface area contributed by atoms with Crippen LogP contribution in [-0.4, -0.2) is 11.6 Å². The van der Waals surface area contributed by atoms with E-state index in [1.165, 1.54) is 57.8 Å². The van der Waals surface area contributed by atoms with E-state index in [0.29, 0.717) is 5.54 Å². The van der Waals surface area contributed by atoms with Gasteiger partial charge in [0.2, 0.25) is 0 Å². The lowest BCUT2D eigenvalue weighted by atomic mass is 9.68. The van der Waals surface area contributed by atoms with Crippen LogP contribution in [0.4, 0.5) is 0 Å². The predicted octanol–water partition coefficient (Wildman–Crippen LogP) is 3.80. The van der Waals surface area contributed by atoms with Crippen LogP contribution in [-0.2, 0) is 0 Å². The molecule has 2 aliphatic carbocycles. The number of hydrogen-bond acceptors (Lipinski definition) is 1. The van der Waals surface area contributed by atoms with Crippen molar-refractivity contribution in [2.45, 2.75) is 76.3 Å². The van der Waals surface area contributed by atoms with E-state index in [9.17, 15) is 0 Å². The van der Waals surface area contributed by atoms with Gasteiger partial charge in [0.15, 0.2) is 0 Å². The molecule has 4 atom stereocenters. The van der Waals surface area contributed by atoms with Crippen LogP contribution < -0.4 is 5.32 Å². The highest BCUT2D eigenvalue weighted by Crippen LogP contribution is 2.54. The highest BCUT2D eigenvalue weighted by atomic mass is 15.1. The predicted molar refractivity (Wildman–Crippen MR) is 70.9 cm³/mol. The number of nitrogens with one attached hydrogen (secondary N) is 1. The van der Waals surface area contributed by atoms with Crippen molar-refractivity contribution >= 4 is 0 Å². The van der Waals surface area contributed by atoms with E-state index < -0.39 is 0 Å². The zero-order chi connectivity index (χ0) is 11.5. The van der Waals surface area contributed by atoms with Crippen molar-refractivity contribution in [1.82, 2.24) is 5.32 Å². The lowest BCUT2D eigenvalue weighted by Gasteiger charge is -2.42. The number of rotatable bonds is 0. The fourth-order valence-electron chi connectivity index (χ4n) is 5.56. The molecule has 1 heteroatoms. The molecule has 2 heterocycles. The Kier molecular flexibility index (Phi) is 2.25. The van der Waals surface area contributed by atoms with Crippen molar-refractivity contribution in [3.63, 3.8) is 0 Å². The molecule has 94 valence electrons. The van der Waals surface area contributed by atoms with E-state index >= 15 is 0 Å². The summed E-state index contributed by atoms with van der Waals surface area (Å²) >= 11 is 0. The molecule has 4 rings (SSSR count). The zero-order valence-electron chi connectivity index (χ0n) is 11.1. The van der Waals surface area contributed by atoms with Gasteiger partial charge < -0.3 is 5.32 Å². The molecule has 4 aliphatic rings. The Morgan fingerprint density at radius 2 is 1.88 bits per heavy atom. The standard InChI is InChI=1S/C16H25N/c1-16-13-8-4-2-6-11(13)10-15(17-16)12-7-3-5-9-14(12)16/h12,14-15,17H,2-10H2,1H3/t12?,14?,15-,16?/m1/s1. The monoisotopic (exact) mass is 231 g/mol. The Labute approximate surface area is 105 Å². The Balaban J connectivity index is 1.77. The van der Waals surface area contributed by atoms with Crippen molar-refractivity contribution in [3.05, 3.63) is 11.1 Å². The first-order valence-electron chi connectivity index (χ1n) is 7.78. The van der Waals surface area contributed by atoms with Crippen LogP contribution >= 0.6 is 0 Å².